The number of carbonyl (C=O) groups is 2. The van der Waals surface area contributed by atoms with Crippen LogP contribution in [0.2, 0.25) is 5.02 Å². The number of fused-ring (bicyclic) bond motifs is 1. The summed E-state index contributed by atoms with van der Waals surface area (Å²) in [6, 6.07) is 7.45. The number of halogens is 3. The highest BCUT2D eigenvalue weighted by Gasteiger charge is 2.47. The van der Waals surface area contributed by atoms with Crippen LogP contribution in [0, 0.1) is 11.3 Å². The Kier molecular flexibility index (Phi) is 6.21. The Balaban J connectivity index is 1.65. The number of carbonyl (C=O) groups excluding carboxylic acids is 2. The molecule has 2 amide bonds. The molecule has 7 nitrogen and oxygen atoms in total. The van der Waals surface area contributed by atoms with Crippen LogP contribution in [0.1, 0.15) is 52.5 Å². The first kappa shape index (κ1) is 22.9. The van der Waals surface area contributed by atoms with Crippen molar-refractivity contribution in [3.8, 4) is 6.07 Å². The maximum atomic E-state index is 13.8. The van der Waals surface area contributed by atoms with Crippen molar-refractivity contribution in [2.75, 3.05) is 11.9 Å². The van der Waals surface area contributed by atoms with Crippen LogP contribution in [-0.2, 0) is 17.6 Å². The van der Waals surface area contributed by atoms with Gasteiger partial charge in [0.15, 0.2) is 0 Å². The van der Waals surface area contributed by atoms with Gasteiger partial charge in [-0.15, -0.1) is 0 Å². The Morgan fingerprint density at radius 2 is 2.15 bits per heavy atom. The Bertz CT molecular complexity index is 1150. The number of nitrogens with two attached hydrogens (primary N) is 1. The molecule has 1 aliphatic heterocycles. The number of aryl methyl sites for hydroxylation is 1. The number of nitrogens with zero attached hydrogens (tertiary/aromatic N) is 3. The molecule has 172 valence electrons. The Morgan fingerprint density at radius 1 is 1.36 bits per heavy atom. The average Bonchev–Trinajstić information content (AvgIpc) is 3.09. The predicted molar refractivity (Wildman–Crippen MR) is 118 cm³/mol. The zero-order valence-corrected chi connectivity index (χ0v) is 18.4. The third kappa shape index (κ3) is 4.76. The van der Waals surface area contributed by atoms with Gasteiger partial charge in [-0.1, -0.05) is 17.7 Å². The van der Waals surface area contributed by atoms with E-state index in [0.29, 0.717) is 10.7 Å². The summed E-state index contributed by atoms with van der Waals surface area (Å²) in [4.78, 5) is 30.1. The molecule has 0 spiro atoms. The van der Waals surface area contributed by atoms with Gasteiger partial charge in [-0.25, -0.2) is 8.78 Å². The molecule has 1 aliphatic carbocycles. The average molecular weight is 474 g/mol. The second kappa shape index (κ2) is 8.94. The van der Waals surface area contributed by atoms with Crippen molar-refractivity contribution in [3.63, 3.8) is 0 Å². The molecule has 4 rings (SSSR count). The fourth-order valence-electron chi connectivity index (χ4n) is 4.55. The fraction of sp³-hybridized carbons (Fsp3) is 0.391. The molecule has 1 saturated heterocycles. The molecular formula is C23H22ClF2N5O2. The molecule has 0 bridgehead atoms. The van der Waals surface area contributed by atoms with Gasteiger partial charge in [0, 0.05) is 17.6 Å². The molecule has 1 fully saturated rings. The van der Waals surface area contributed by atoms with E-state index in [4.69, 9.17) is 17.3 Å². The van der Waals surface area contributed by atoms with Crippen molar-refractivity contribution in [1.29, 1.82) is 5.26 Å². The SMILES string of the molecule is N#CC1CC(F)(F)CN1C(=O)Cc1nccc(C(N)=O)c1NC1CCCc2cc(Cl)ccc21. The third-order valence-corrected chi connectivity index (χ3v) is 6.33. The number of benzene rings is 1. The van der Waals surface area contributed by atoms with Crippen LogP contribution in [0.15, 0.2) is 30.5 Å². The first-order valence-corrected chi connectivity index (χ1v) is 11.0. The molecule has 0 saturated carbocycles. The molecule has 2 heterocycles. The van der Waals surface area contributed by atoms with Gasteiger partial charge in [-0.2, -0.15) is 5.26 Å². The third-order valence-electron chi connectivity index (χ3n) is 6.09. The summed E-state index contributed by atoms with van der Waals surface area (Å²) in [5.74, 6) is -4.48. The topological polar surface area (TPSA) is 112 Å². The van der Waals surface area contributed by atoms with Gasteiger partial charge >= 0.3 is 0 Å². The van der Waals surface area contributed by atoms with E-state index in [9.17, 15) is 23.6 Å². The molecule has 10 heteroatoms. The van der Waals surface area contributed by atoms with Crippen molar-refractivity contribution in [3.05, 3.63) is 57.9 Å². The summed E-state index contributed by atoms with van der Waals surface area (Å²) >= 11 is 6.13. The van der Waals surface area contributed by atoms with Crippen molar-refractivity contribution in [2.24, 2.45) is 5.73 Å². The van der Waals surface area contributed by atoms with Gasteiger partial charge in [0.1, 0.15) is 6.04 Å². The number of aromatic nitrogens is 1. The molecule has 3 N–H and O–H groups in total. The number of rotatable bonds is 5. The first-order chi connectivity index (χ1) is 15.7. The fourth-order valence-corrected chi connectivity index (χ4v) is 4.75. The van der Waals surface area contributed by atoms with Gasteiger partial charge in [-0.3, -0.25) is 14.6 Å². The van der Waals surface area contributed by atoms with E-state index in [1.807, 2.05) is 12.1 Å². The molecule has 1 aromatic carbocycles. The van der Waals surface area contributed by atoms with Crippen LogP contribution in [0.4, 0.5) is 14.5 Å². The number of nitrogens with one attached hydrogen (secondary N) is 1. The quantitative estimate of drug-likeness (QED) is 0.688. The summed E-state index contributed by atoms with van der Waals surface area (Å²) < 4.78 is 27.6. The summed E-state index contributed by atoms with van der Waals surface area (Å²) in [6.07, 6.45) is 2.83. The van der Waals surface area contributed by atoms with Crippen molar-refractivity contribution in [1.82, 2.24) is 9.88 Å². The van der Waals surface area contributed by atoms with Gasteiger partial charge in [0.25, 0.3) is 11.8 Å². The van der Waals surface area contributed by atoms with Crippen LogP contribution in [0.3, 0.4) is 0 Å². The normalized spacial score (nSPS) is 21.2. The van der Waals surface area contributed by atoms with Gasteiger partial charge in [-0.05, 0) is 48.6 Å². The van der Waals surface area contributed by atoms with Crippen LogP contribution >= 0.6 is 11.6 Å². The highest BCUT2D eigenvalue weighted by atomic mass is 35.5. The van der Waals surface area contributed by atoms with Gasteiger partial charge < -0.3 is 16.0 Å². The maximum absolute atomic E-state index is 13.8. The lowest BCUT2D eigenvalue weighted by Gasteiger charge is -2.29. The molecule has 2 atom stereocenters. The molecule has 0 radical (unpaired) electrons. The van der Waals surface area contributed by atoms with Crippen LogP contribution in [-0.4, -0.2) is 40.2 Å². The molecule has 2 aromatic rings. The van der Waals surface area contributed by atoms with Crippen molar-refractivity contribution < 1.29 is 18.4 Å². The monoisotopic (exact) mass is 473 g/mol. The highest BCUT2D eigenvalue weighted by molar-refractivity contribution is 6.30. The number of likely N-dealkylation sites (tertiary alicyclic amines) is 1. The lowest BCUT2D eigenvalue weighted by molar-refractivity contribution is -0.131. The summed E-state index contributed by atoms with van der Waals surface area (Å²) in [5.41, 5.74) is 8.34. The van der Waals surface area contributed by atoms with Crippen LogP contribution in [0.5, 0.6) is 0 Å². The first-order valence-electron chi connectivity index (χ1n) is 10.6. The lowest BCUT2D eigenvalue weighted by atomic mass is 9.87. The van der Waals surface area contributed by atoms with E-state index < -0.39 is 36.7 Å². The van der Waals surface area contributed by atoms with E-state index in [1.54, 1.807) is 12.1 Å². The van der Waals surface area contributed by atoms with Crippen molar-refractivity contribution in [2.45, 2.75) is 50.1 Å². The van der Waals surface area contributed by atoms with Crippen LogP contribution < -0.4 is 11.1 Å². The van der Waals surface area contributed by atoms with E-state index in [0.717, 1.165) is 35.3 Å². The zero-order chi connectivity index (χ0) is 23.8. The number of hydrogen-bond acceptors (Lipinski definition) is 5. The zero-order valence-electron chi connectivity index (χ0n) is 17.7. The number of pyridine rings is 1. The number of amides is 2. The molecule has 2 aliphatic rings. The number of anilines is 1. The summed E-state index contributed by atoms with van der Waals surface area (Å²) in [5, 5.41) is 13.2. The second-order valence-electron chi connectivity index (χ2n) is 8.38. The summed E-state index contributed by atoms with van der Waals surface area (Å²) in [7, 11) is 0. The number of nitriles is 1. The van der Waals surface area contributed by atoms with E-state index in [2.05, 4.69) is 10.3 Å². The number of alkyl halides is 2. The Hall–Kier alpha value is -3.25. The van der Waals surface area contributed by atoms with Gasteiger partial charge in [0.05, 0.1) is 42.0 Å². The minimum atomic E-state index is -3.12. The molecule has 1 aromatic heterocycles. The molecule has 33 heavy (non-hydrogen) atoms. The van der Waals surface area contributed by atoms with E-state index in [-0.39, 0.29) is 23.7 Å². The highest BCUT2D eigenvalue weighted by Crippen LogP contribution is 2.36. The minimum absolute atomic E-state index is 0.150. The molecular weight excluding hydrogens is 452 g/mol. The Labute approximate surface area is 194 Å². The van der Waals surface area contributed by atoms with E-state index >= 15 is 0 Å². The largest absolute Gasteiger partial charge is 0.376 e. The Morgan fingerprint density at radius 3 is 2.88 bits per heavy atom. The smallest absolute Gasteiger partial charge is 0.268 e. The van der Waals surface area contributed by atoms with E-state index in [1.165, 1.54) is 12.3 Å². The minimum Gasteiger partial charge on any atom is -0.376 e. The maximum Gasteiger partial charge on any atom is 0.268 e. The predicted octanol–water partition coefficient (Wildman–Crippen LogP) is 3.63. The second-order valence-corrected chi connectivity index (χ2v) is 8.82. The summed E-state index contributed by atoms with van der Waals surface area (Å²) in [6.45, 7) is -0.820. The molecule has 2 unspecified atom stereocenters. The standard InChI is InChI=1S/C23H22ClF2N5O2/c24-14-4-5-16-13(8-14)2-1-3-18(16)30-21-17(22(28)33)6-7-29-19(21)9-20(32)31-12-23(25,26)10-15(31)11-27/h4-8,15,18,30H,1-3,9-10,12H2,(H2,28,33). The van der Waals surface area contributed by atoms with Crippen LogP contribution in [0.25, 0.3) is 0 Å². The van der Waals surface area contributed by atoms with Gasteiger partial charge in [0.2, 0.25) is 5.91 Å². The van der Waals surface area contributed by atoms with Crippen molar-refractivity contribution >= 4 is 29.1 Å². The lowest BCUT2D eigenvalue weighted by Crippen LogP contribution is -2.37. The number of hydrogen-bond donors (Lipinski definition) is 2. The number of primary amides is 1.